The maximum Gasteiger partial charge on any atom is 0.306 e. The zero-order valence-electron chi connectivity index (χ0n) is 31.4. The van der Waals surface area contributed by atoms with Crippen LogP contribution in [0.4, 0.5) is 0 Å². The summed E-state index contributed by atoms with van der Waals surface area (Å²) < 4.78 is 32.5. The third-order valence-corrected chi connectivity index (χ3v) is 9.82. The molecule has 2 atom stereocenters. The van der Waals surface area contributed by atoms with E-state index in [-0.39, 0.29) is 53.9 Å². The normalized spacial score (nSPS) is 12.6. The van der Waals surface area contributed by atoms with Crippen molar-refractivity contribution < 1.29 is 42.6 Å². The molecule has 0 heterocycles. The Labute approximate surface area is 314 Å². The van der Waals surface area contributed by atoms with Gasteiger partial charge in [-0.3, -0.25) is 24.0 Å². The van der Waals surface area contributed by atoms with Gasteiger partial charge in [0.05, 0.1) is 6.61 Å². The van der Waals surface area contributed by atoms with Crippen molar-refractivity contribution in [2.45, 2.75) is 215 Å². The highest BCUT2D eigenvalue weighted by atomic mass is 31.2. The second-order valence-electron chi connectivity index (χ2n) is 13.4. The number of esters is 2. The summed E-state index contributed by atoms with van der Waals surface area (Å²) in [7, 11) is -4.50. The molecule has 0 saturated carbocycles. The lowest BCUT2D eigenvalue weighted by Crippen LogP contribution is -2.32. The molecule has 0 rings (SSSR count). The molecular formula is C40H81NO9P-. The van der Waals surface area contributed by atoms with Crippen molar-refractivity contribution in [3.05, 3.63) is 0 Å². The molecule has 0 aliphatic rings. The fourth-order valence-corrected chi connectivity index (χ4v) is 6.53. The number of nitrogens with one attached hydrogen (secondary N) is 1. The molecule has 0 bridgehead atoms. The summed E-state index contributed by atoms with van der Waals surface area (Å²) in [5, 5.41) is 2.16. The van der Waals surface area contributed by atoms with Crippen LogP contribution in [0.3, 0.4) is 0 Å². The van der Waals surface area contributed by atoms with Gasteiger partial charge >= 0.3 is 11.9 Å². The second kappa shape index (κ2) is 41.3. The topological polar surface area (TPSA) is 140 Å². The van der Waals surface area contributed by atoms with Gasteiger partial charge in [0.25, 0.3) is 6.47 Å². The quantitative estimate of drug-likeness (QED) is 0.0212. The first kappa shape index (κ1) is 53.9. The molecule has 0 aliphatic heterocycles. The highest BCUT2D eigenvalue weighted by Crippen LogP contribution is 2.31. The summed E-state index contributed by atoms with van der Waals surface area (Å²) in [6.45, 7) is 3.63. The number of unbranched alkanes of at least 4 members (excludes halogenated alkanes) is 24. The molecule has 306 valence electrons. The van der Waals surface area contributed by atoms with Gasteiger partial charge < -0.3 is 23.6 Å². The molecule has 0 amide bonds. The molecule has 51 heavy (non-hydrogen) atoms. The summed E-state index contributed by atoms with van der Waals surface area (Å²) in [6.07, 6.45) is 30.8. The zero-order valence-corrected chi connectivity index (χ0v) is 32.3. The lowest BCUT2D eigenvalue weighted by atomic mass is 10.0. The third-order valence-electron chi connectivity index (χ3n) is 8.72. The van der Waals surface area contributed by atoms with Crippen LogP contribution in [0.15, 0.2) is 0 Å². The molecule has 0 aromatic rings. The lowest BCUT2D eigenvalue weighted by molar-refractivity contribution is -0.206. The number of rotatable bonds is 39. The zero-order chi connectivity index (χ0) is 36.1. The number of carbonyl (C=O) groups is 3. The molecule has 10 nitrogen and oxygen atoms in total. The minimum atomic E-state index is -4.50. The van der Waals surface area contributed by atoms with E-state index in [4.69, 9.17) is 14.0 Å². The standard InChI is InChI=1S/C38H74NO9P.2CH4/c1-3-5-7-9-11-13-15-17-19-21-23-25-27-29-37(41)46-33-36(34-47-49(43,44)39-31-32-45-35-40)48-38(42)30-28-26-24-22-20-18-16-14-12-10-8-6-4-2;;/h35-36H,3-34H2,1-2H3,(H2,39,43,44);2*1H4/p-1. The summed E-state index contributed by atoms with van der Waals surface area (Å²) in [6, 6.07) is 0. The Bertz CT molecular complexity index is 815. The van der Waals surface area contributed by atoms with Crippen LogP contribution in [0.2, 0.25) is 0 Å². The molecule has 0 fully saturated rings. The highest BCUT2D eigenvalue weighted by molar-refractivity contribution is 7.49. The number of carbonyl (C=O) groups excluding carboxylic acids is 3. The van der Waals surface area contributed by atoms with Crippen LogP contribution in [0.5, 0.6) is 0 Å². The Balaban J connectivity index is -0.0000115. The van der Waals surface area contributed by atoms with Crippen molar-refractivity contribution in [3.63, 3.8) is 0 Å². The van der Waals surface area contributed by atoms with Crippen LogP contribution in [0, 0.1) is 0 Å². The van der Waals surface area contributed by atoms with Gasteiger partial charge in [-0.25, -0.2) is 0 Å². The lowest BCUT2D eigenvalue weighted by Gasteiger charge is -2.26. The van der Waals surface area contributed by atoms with Crippen molar-refractivity contribution in [1.82, 2.24) is 5.09 Å². The monoisotopic (exact) mass is 751 g/mol. The van der Waals surface area contributed by atoms with E-state index >= 15 is 0 Å². The van der Waals surface area contributed by atoms with E-state index in [2.05, 4.69) is 23.7 Å². The largest absolute Gasteiger partial charge is 0.766 e. The van der Waals surface area contributed by atoms with Crippen LogP contribution in [-0.2, 0) is 37.7 Å². The Morgan fingerprint density at radius 3 is 1.37 bits per heavy atom. The van der Waals surface area contributed by atoms with Gasteiger partial charge in [-0.05, 0) is 12.8 Å². The average Bonchev–Trinajstić information content (AvgIpc) is 3.08. The first-order chi connectivity index (χ1) is 23.8. The summed E-state index contributed by atoms with van der Waals surface area (Å²) in [4.78, 5) is 47.4. The summed E-state index contributed by atoms with van der Waals surface area (Å²) in [5.41, 5.74) is 0. The van der Waals surface area contributed by atoms with Gasteiger partial charge in [0.2, 0.25) is 7.75 Å². The van der Waals surface area contributed by atoms with Crippen molar-refractivity contribution in [1.29, 1.82) is 0 Å². The van der Waals surface area contributed by atoms with Gasteiger partial charge in [-0.1, -0.05) is 183 Å². The molecule has 0 aromatic carbocycles. The van der Waals surface area contributed by atoms with Crippen LogP contribution in [0.1, 0.15) is 208 Å². The van der Waals surface area contributed by atoms with Gasteiger partial charge in [-0.2, -0.15) is 0 Å². The Morgan fingerprint density at radius 1 is 0.608 bits per heavy atom. The van der Waals surface area contributed by atoms with E-state index in [0.717, 1.165) is 38.5 Å². The molecule has 0 saturated heterocycles. The first-order valence-electron chi connectivity index (χ1n) is 20.0. The maximum absolute atomic E-state index is 12.5. The average molecular weight is 751 g/mol. The molecule has 0 radical (unpaired) electrons. The third kappa shape index (κ3) is 41.1. The smallest absolute Gasteiger partial charge is 0.306 e. The number of ether oxygens (including phenoxy) is 3. The molecular weight excluding hydrogens is 669 g/mol. The molecule has 1 N–H and O–H groups in total. The fraction of sp³-hybridized carbons (Fsp3) is 0.925. The minimum Gasteiger partial charge on any atom is -0.766 e. The maximum atomic E-state index is 12.5. The molecule has 11 heteroatoms. The highest BCUT2D eigenvalue weighted by Gasteiger charge is 2.20. The molecule has 0 spiro atoms. The van der Waals surface area contributed by atoms with Gasteiger partial charge in [0, 0.05) is 19.4 Å². The van der Waals surface area contributed by atoms with Crippen LogP contribution >= 0.6 is 7.75 Å². The number of hydrogen-bond acceptors (Lipinski definition) is 9. The van der Waals surface area contributed by atoms with Crippen molar-refractivity contribution in [2.75, 3.05) is 26.4 Å². The van der Waals surface area contributed by atoms with E-state index in [9.17, 15) is 23.8 Å². The van der Waals surface area contributed by atoms with Crippen molar-refractivity contribution in [2.24, 2.45) is 0 Å². The van der Waals surface area contributed by atoms with Gasteiger partial charge in [-0.15, -0.1) is 0 Å². The van der Waals surface area contributed by atoms with Gasteiger partial charge in [0.1, 0.15) is 13.2 Å². The fourth-order valence-electron chi connectivity index (χ4n) is 5.71. The van der Waals surface area contributed by atoms with E-state index in [0.29, 0.717) is 6.42 Å². The predicted molar refractivity (Wildman–Crippen MR) is 209 cm³/mol. The van der Waals surface area contributed by atoms with Gasteiger partial charge in [0.15, 0.2) is 6.10 Å². The van der Waals surface area contributed by atoms with E-state index in [1.165, 1.54) is 122 Å². The second-order valence-corrected chi connectivity index (χ2v) is 15.0. The van der Waals surface area contributed by atoms with Crippen molar-refractivity contribution in [3.8, 4) is 0 Å². The van der Waals surface area contributed by atoms with Crippen LogP contribution < -0.4 is 9.98 Å². The van der Waals surface area contributed by atoms with Crippen molar-refractivity contribution >= 4 is 26.2 Å². The first-order valence-corrected chi connectivity index (χ1v) is 21.5. The van der Waals surface area contributed by atoms with Crippen LogP contribution in [-0.4, -0.2) is 50.9 Å². The summed E-state index contributed by atoms with van der Waals surface area (Å²) >= 11 is 0. The molecule has 0 aromatic heterocycles. The number of hydrogen-bond donors (Lipinski definition) is 1. The minimum absolute atomic E-state index is 0. The Hall–Kier alpha value is -1.48. The Kier molecular flexibility index (Phi) is 43.6. The predicted octanol–water partition coefficient (Wildman–Crippen LogP) is 10.9. The molecule has 2 unspecified atom stereocenters. The van der Waals surface area contributed by atoms with E-state index < -0.39 is 32.4 Å². The van der Waals surface area contributed by atoms with E-state index in [1.54, 1.807) is 0 Å². The SMILES string of the molecule is C.C.CCCCCCCCCCCCCCCC(=O)OCC(COP(=O)([O-])NCCOC=O)OC(=O)CCCCCCCCCCCCCCC. The molecule has 0 aliphatic carbocycles. The van der Waals surface area contributed by atoms with E-state index in [1.807, 2.05) is 0 Å². The van der Waals surface area contributed by atoms with Crippen LogP contribution in [0.25, 0.3) is 0 Å². The Morgan fingerprint density at radius 2 is 0.980 bits per heavy atom. The summed E-state index contributed by atoms with van der Waals surface area (Å²) in [5.74, 6) is -0.882.